The third kappa shape index (κ3) is 9.51. The van der Waals surface area contributed by atoms with Crippen LogP contribution in [0.4, 0.5) is 0 Å². The number of quaternary nitrogens is 1. The molecule has 24 heavy (non-hydrogen) atoms. The quantitative estimate of drug-likeness (QED) is 0.743. The van der Waals surface area contributed by atoms with Crippen LogP contribution in [-0.2, 0) is 4.79 Å². The van der Waals surface area contributed by atoms with Crippen molar-refractivity contribution in [2.24, 2.45) is 0 Å². The highest BCUT2D eigenvalue weighted by atomic mass is 16.4. The summed E-state index contributed by atoms with van der Waals surface area (Å²) in [6, 6.07) is 3.92. The molecule has 0 aromatic heterocycles. The minimum absolute atomic E-state index is 0.898. The maximum Gasteiger partial charge on any atom is 0.0768 e. The van der Waals surface area contributed by atoms with Crippen LogP contribution in [0, 0.1) is 20.8 Å². The van der Waals surface area contributed by atoms with Gasteiger partial charge in [0.05, 0.1) is 25.6 Å². The SMILES string of the molecule is CCC[NH+](CCC)CCC.Cc1cc(C=CC(=O)[O-])cc(C)c1C. The van der Waals surface area contributed by atoms with Crippen molar-refractivity contribution >= 4 is 12.0 Å². The second kappa shape index (κ2) is 12.8. The molecule has 0 saturated heterocycles. The van der Waals surface area contributed by atoms with Gasteiger partial charge in [-0.2, -0.15) is 0 Å². The van der Waals surface area contributed by atoms with Gasteiger partial charge in [0.25, 0.3) is 0 Å². The van der Waals surface area contributed by atoms with Gasteiger partial charge in [-0.15, -0.1) is 0 Å². The molecule has 0 aliphatic heterocycles. The Morgan fingerprint density at radius 2 is 1.38 bits per heavy atom. The number of nitrogens with one attached hydrogen (secondary N) is 1. The predicted molar refractivity (Wildman–Crippen MR) is 101 cm³/mol. The Morgan fingerprint density at radius 3 is 1.71 bits per heavy atom. The lowest BCUT2D eigenvalue weighted by Gasteiger charge is -2.16. The van der Waals surface area contributed by atoms with Gasteiger partial charge in [0.15, 0.2) is 0 Å². The van der Waals surface area contributed by atoms with E-state index in [2.05, 4.69) is 27.7 Å². The van der Waals surface area contributed by atoms with E-state index >= 15 is 0 Å². The fourth-order valence-electron chi connectivity index (χ4n) is 2.77. The van der Waals surface area contributed by atoms with E-state index in [4.69, 9.17) is 0 Å². The molecule has 1 rings (SSSR count). The van der Waals surface area contributed by atoms with Gasteiger partial charge < -0.3 is 14.8 Å². The number of carboxylic acid groups (broad SMARTS) is 1. The van der Waals surface area contributed by atoms with Gasteiger partial charge in [-0.3, -0.25) is 0 Å². The fourth-order valence-corrected chi connectivity index (χ4v) is 2.77. The Hall–Kier alpha value is -1.61. The summed E-state index contributed by atoms with van der Waals surface area (Å²) in [5, 5.41) is 10.2. The predicted octanol–water partition coefficient (Wildman–Crippen LogP) is 2.48. The lowest BCUT2D eigenvalue weighted by Crippen LogP contribution is -3.11. The highest BCUT2D eigenvalue weighted by molar-refractivity contribution is 5.83. The number of benzene rings is 1. The summed E-state index contributed by atoms with van der Waals surface area (Å²) >= 11 is 0. The van der Waals surface area contributed by atoms with E-state index in [1.54, 1.807) is 11.0 Å². The van der Waals surface area contributed by atoms with Gasteiger partial charge in [-0.1, -0.05) is 39.0 Å². The van der Waals surface area contributed by atoms with Gasteiger partial charge >= 0.3 is 0 Å². The zero-order valence-electron chi connectivity index (χ0n) is 16.4. The average molecular weight is 334 g/mol. The summed E-state index contributed by atoms with van der Waals surface area (Å²) in [7, 11) is 0. The summed E-state index contributed by atoms with van der Waals surface area (Å²) in [6.45, 7) is 17.0. The minimum Gasteiger partial charge on any atom is -0.545 e. The third-order valence-electron chi connectivity index (χ3n) is 4.17. The van der Waals surface area contributed by atoms with Crippen molar-refractivity contribution in [2.45, 2.75) is 60.8 Å². The molecular weight excluding hydrogens is 298 g/mol. The van der Waals surface area contributed by atoms with Crippen LogP contribution in [0.3, 0.4) is 0 Å². The number of aliphatic carboxylic acids is 1. The van der Waals surface area contributed by atoms with E-state index in [-0.39, 0.29) is 0 Å². The zero-order valence-corrected chi connectivity index (χ0v) is 16.4. The smallest absolute Gasteiger partial charge is 0.0768 e. The van der Waals surface area contributed by atoms with Crippen molar-refractivity contribution < 1.29 is 14.8 Å². The lowest BCUT2D eigenvalue weighted by molar-refractivity contribution is -0.900. The normalized spacial score (nSPS) is 10.8. The van der Waals surface area contributed by atoms with Crippen LogP contribution in [-0.4, -0.2) is 25.6 Å². The summed E-state index contributed by atoms with van der Waals surface area (Å²) in [5.74, 6) is -1.17. The van der Waals surface area contributed by atoms with E-state index in [1.807, 2.05) is 26.0 Å². The summed E-state index contributed by atoms with van der Waals surface area (Å²) in [6.07, 6.45) is 6.58. The van der Waals surface area contributed by atoms with E-state index in [1.165, 1.54) is 55.6 Å². The number of carbonyl (C=O) groups excluding carboxylic acids is 1. The average Bonchev–Trinajstić information content (AvgIpc) is 2.52. The van der Waals surface area contributed by atoms with Crippen molar-refractivity contribution in [1.82, 2.24) is 0 Å². The first-order chi connectivity index (χ1) is 11.3. The minimum atomic E-state index is -1.17. The number of carbonyl (C=O) groups is 1. The largest absolute Gasteiger partial charge is 0.545 e. The highest BCUT2D eigenvalue weighted by Gasteiger charge is 2.02. The van der Waals surface area contributed by atoms with Crippen LogP contribution in [0.25, 0.3) is 6.08 Å². The van der Waals surface area contributed by atoms with Crippen LogP contribution < -0.4 is 10.0 Å². The molecular formula is C21H35NO2. The summed E-state index contributed by atoms with van der Waals surface area (Å²) < 4.78 is 0. The Balaban J connectivity index is 0.000000470. The zero-order chi connectivity index (χ0) is 18.5. The fraction of sp³-hybridized carbons (Fsp3) is 0.571. The van der Waals surface area contributed by atoms with Crippen LogP contribution in [0.1, 0.15) is 62.3 Å². The van der Waals surface area contributed by atoms with E-state index < -0.39 is 5.97 Å². The number of rotatable bonds is 8. The molecule has 136 valence electrons. The van der Waals surface area contributed by atoms with Gasteiger partial charge in [-0.05, 0) is 68.4 Å². The van der Waals surface area contributed by atoms with Crippen LogP contribution >= 0.6 is 0 Å². The maximum absolute atomic E-state index is 10.2. The Bertz CT molecular complexity index is 483. The van der Waals surface area contributed by atoms with E-state index in [0.29, 0.717) is 0 Å². The standard InChI is InChI=1S/C12H14O2.C9H21N/c1-8-6-11(4-5-12(13)14)7-9(2)10(8)3;1-4-7-10(8-5-2)9-6-3/h4-7H,1-3H3,(H,13,14);4-9H2,1-3H3. The molecule has 0 spiro atoms. The van der Waals surface area contributed by atoms with E-state index in [0.717, 1.165) is 11.6 Å². The van der Waals surface area contributed by atoms with Crippen molar-refractivity contribution in [3.05, 3.63) is 40.5 Å². The Morgan fingerprint density at radius 1 is 0.958 bits per heavy atom. The van der Waals surface area contributed by atoms with Crippen molar-refractivity contribution in [2.75, 3.05) is 19.6 Å². The Labute approximate surface area is 148 Å². The van der Waals surface area contributed by atoms with Gasteiger partial charge in [0.1, 0.15) is 0 Å². The molecule has 0 saturated carbocycles. The molecule has 0 amide bonds. The number of aryl methyl sites for hydroxylation is 2. The number of carboxylic acids is 1. The molecule has 0 aliphatic carbocycles. The van der Waals surface area contributed by atoms with E-state index in [9.17, 15) is 9.90 Å². The lowest BCUT2D eigenvalue weighted by atomic mass is 10.0. The molecule has 0 atom stereocenters. The first-order valence-corrected chi connectivity index (χ1v) is 9.16. The second-order valence-corrected chi connectivity index (χ2v) is 6.43. The molecule has 0 fully saturated rings. The van der Waals surface area contributed by atoms with Crippen molar-refractivity contribution in [1.29, 1.82) is 0 Å². The number of hydrogen-bond donors (Lipinski definition) is 1. The monoisotopic (exact) mass is 333 g/mol. The van der Waals surface area contributed by atoms with Crippen LogP contribution in [0.15, 0.2) is 18.2 Å². The van der Waals surface area contributed by atoms with Crippen LogP contribution in [0.2, 0.25) is 0 Å². The first-order valence-electron chi connectivity index (χ1n) is 9.16. The molecule has 3 heteroatoms. The Kier molecular flexibility index (Phi) is 11.9. The van der Waals surface area contributed by atoms with Crippen molar-refractivity contribution in [3.8, 4) is 0 Å². The second-order valence-electron chi connectivity index (χ2n) is 6.43. The van der Waals surface area contributed by atoms with Crippen molar-refractivity contribution in [3.63, 3.8) is 0 Å². The molecule has 0 bridgehead atoms. The third-order valence-corrected chi connectivity index (χ3v) is 4.17. The molecule has 3 nitrogen and oxygen atoms in total. The molecule has 1 aromatic rings. The van der Waals surface area contributed by atoms with Gasteiger partial charge in [-0.25, -0.2) is 0 Å². The first kappa shape index (κ1) is 22.4. The van der Waals surface area contributed by atoms with Gasteiger partial charge in [0, 0.05) is 0 Å². The van der Waals surface area contributed by atoms with Crippen LogP contribution in [0.5, 0.6) is 0 Å². The number of hydrogen-bond acceptors (Lipinski definition) is 2. The molecule has 0 aliphatic rings. The maximum atomic E-state index is 10.2. The molecule has 0 radical (unpaired) electrons. The molecule has 0 heterocycles. The topological polar surface area (TPSA) is 44.6 Å². The molecule has 1 aromatic carbocycles. The molecule has 1 N–H and O–H groups in total. The summed E-state index contributed by atoms with van der Waals surface area (Å²) in [5.41, 5.74) is 4.48. The van der Waals surface area contributed by atoms with Gasteiger partial charge in [0.2, 0.25) is 0 Å². The summed E-state index contributed by atoms with van der Waals surface area (Å²) in [4.78, 5) is 12.0. The molecule has 0 unspecified atom stereocenters. The highest BCUT2D eigenvalue weighted by Crippen LogP contribution is 2.16.